The van der Waals surface area contributed by atoms with Crippen molar-refractivity contribution in [1.82, 2.24) is 4.98 Å². The number of hydrogen-bond acceptors (Lipinski definition) is 5. The fourth-order valence-corrected chi connectivity index (χ4v) is 3.00. The third kappa shape index (κ3) is 2.42. The van der Waals surface area contributed by atoms with Crippen molar-refractivity contribution in [2.75, 3.05) is 13.9 Å². The monoisotopic (exact) mass is 337 g/mol. The van der Waals surface area contributed by atoms with Crippen LogP contribution in [0.15, 0.2) is 41.2 Å². The lowest BCUT2D eigenvalue weighted by molar-refractivity contribution is 0.101. The Labute approximate surface area is 143 Å². The Morgan fingerprint density at radius 3 is 2.68 bits per heavy atom. The van der Waals surface area contributed by atoms with E-state index in [2.05, 4.69) is 4.98 Å². The van der Waals surface area contributed by atoms with Crippen LogP contribution in [0.5, 0.6) is 17.2 Å². The topological polar surface area (TPSA) is 77.6 Å². The van der Waals surface area contributed by atoms with Gasteiger partial charge in [-0.15, -0.1) is 0 Å². The summed E-state index contributed by atoms with van der Waals surface area (Å²) in [6, 6.07) is 10.4. The highest BCUT2D eigenvalue weighted by molar-refractivity contribution is 6.03. The van der Waals surface area contributed by atoms with E-state index in [0.29, 0.717) is 39.4 Å². The first-order chi connectivity index (χ1) is 12.1. The Kier molecular flexibility index (Phi) is 3.46. The zero-order chi connectivity index (χ0) is 17.6. The van der Waals surface area contributed by atoms with Gasteiger partial charge < -0.3 is 19.2 Å². The second kappa shape index (κ2) is 5.66. The van der Waals surface area contributed by atoms with Crippen LogP contribution < -0.4 is 19.6 Å². The second-order valence-electron chi connectivity index (χ2n) is 5.74. The van der Waals surface area contributed by atoms with Crippen LogP contribution in [-0.2, 0) is 0 Å². The van der Waals surface area contributed by atoms with Crippen molar-refractivity contribution < 1.29 is 19.0 Å². The van der Waals surface area contributed by atoms with Crippen LogP contribution in [0.25, 0.3) is 22.2 Å². The predicted molar refractivity (Wildman–Crippen MR) is 92.7 cm³/mol. The van der Waals surface area contributed by atoms with Crippen molar-refractivity contribution in [3.63, 3.8) is 0 Å². The van der Waals surface area contributed by atoms with Crippen molar-refractivity contribution in [3.8, 4) is 28.5 Å². The molecule has 126 valence electrons. The molecule has 6 nitrogen and oxygen atoms in total. The Morgan fingerprint density at radius 1 is 1.12 bits per heavy atom. The van der Waals surface area contributed by atoms with Crippen molar-refractivity contribution in [1.29, 1.82) is 0 Å². The van der Waals surface area contributed by atoms with E-state index in [-0.39, 0.29) is 23.6 Å². The molecule has 0 atom stereocenters. The lowest BCUT2D eigenvalue weighted by atomic mass is 9.99. The molecule has 1 N–H and O–H groups in total. The van der Waals surface area contributed by atoms with E-state index in [4.69, 9.17) is 14.2 Å². The molecule has 0 bridgehead atoms. The van der Waals surface area contributed by atoms with Crippen LogP contribution in [-0.4, -0.2) is 24.7 Å². The fraction of sp³-hybridized carbons (Fsp3) is 0.158. The normalized spacial score (nSPS) is 12.4. The molecule has 1 aliphatic rings. The first kappa shape index (κ1) is 15.3. The van der Waals surface area contributed by atoms with Crippen molar-refractivity contribution in [2.24, 2.45) is 0 Å². The molecule has 1 aliphatic heterocycles. The first-order valence-electron chi connectivity index (χ1n) is 7.73. The summed E-state index contributed by atoms with van der Waals surface area (Å²) in [4.78, 5) is 28.2. The molecule has 6 heteroatoms. The molecule has 0 radical (unpaired) electrons. The summed E-state index contributed by atoms with van der Waals surface area (Å²) in [5.74, 6) is 1.54. The van der Waals surface area contributed by atoms with Gasteiger partial charge in [-0.25, -0.2) is 0 Å². The Morgan fingerprint density at radius 2 is 1.92 bits per heavy atom. The molecule has 0 fully saturated rings. The number of rotatable bonds is 3. The first-order valence-corrected chi connectivity index (χ1v) is 7.73. The number of H-pyrrole nitrogens is 1. The molecule has 0 amide bonds. The maximum absolute atomic E-state index is 12.9. The lowest BCUT2D eigenvalue weighted by Gasteiger charge is -2.11. The highest BCUT2D eigenvalue weighted by Crippen LogP contribution is 2.36. The molecule has 3 aromatic rings. The number of ketones is 1. The predicted octanol–water partition coefficient (Wildman–Crippen LogP) is 3.14. The van der Waals surface area contributed by atoms with Crippen LogP contribution in [0.1, 0.15) is 17.3 Å². The molecule has 4 rings (SSSR count). The van der Waals surface area contributed by atoms with Crippen molar-refractivity contribution in [2.45, 2.75) is 6.92 Å². The number of carbonyl (C=O) groups excluding carboxylic acids is 1. The fourth-order valence-electron chi connectivity index (χ4n) is 3.00. The van der Waals surface area contributed by atoms with Gasteiger partial charge in [0.15, 0.2) is 17.3 Å². The number of fused-ring (bicyclic) bond motifs is 2. The molecule has 25 heavy (non-hydrogen) atoms. The van der Waals surface area contributed by atoms with Crippen LogP contribution in [0, 0.1) is 0 Å². The molecule has 2 heterocycles. The second-order valence-corrected chi connectivity index (χ2v) is 5.74. The molecule has 0 unspecified atom stereocenters. The molecule has 0 spiro atoms. The highest BCUT2D eigenvalue weighted by Gasteiger charge is 2.20. The molecule has 1 aromatic heterocycles. The molecule has 2 aromatic carbocycles. The van der Waals surface area contributed by atoms with Crippen molar-refractivity contribution >= 4 is 16.7 Å². The Hall–Kier alpha value is -3.28. The summed E-state index contributed by atoms with van der Waals surface area (Å²) in [6.07, 6.45) is 0. The number of nitrogens with one attached hydrogen (secondary N) is 1. The molecule has 0 aliphatic carbocycles. The molecular formula is C19H15NO5. The smallest absolute Gasteiger partial charge is 0.231 e. The standard InChI is InChI=1S/C19H15NO5/c1-10(21)17-18(11-3-6-15-16(7-11)25-9-24-15)20-14-8-12(23-2)4-5-13(14)19(17)22/h3-8H,9H2,1-2H3,(H,20,22). The summed E-state index contributed by atoms with van der Waals surface area (Å²) in [5, 5.41) is 0.440. The minimum atomic E-state index is -0.309. The van der Waals surface area contributed by atoms with E-state index in [0.717, 1.165) is 0 Å². The number of aromatic nitrogens is 1. The zero-order valence-corrected chi connectivity index (χ0v) is 13.7. The maximum Gasteiger partial charge on any atom is 0.231 e. The summed E-state index contributed by atoms with van der Waals surface area (Å²) in [7, 11) is 1.56. The zero-order valence-electron chi connectivity index (χ0n) is 13.7. The van der Waals surface area contributed by atoms with E-state index in [1.54, 1.807) is 43.5 Å². The Balaban J connectivity index is 2.02. The molecule has 0 saturated heterocycles. The number of aromatic amines is 1. The number of methoxy groups -OCH3 is 1. The van der Waals surface area contributed by atoms with Gasteiger partial charge in [-0.05, 0) is 37.3 Å². The highest BCUT2D eigenvalue weighted by atomic mass is 16.7. The van der Waals surface area contributed by atoms with Crippen LogP contribution in [0.3, 0.4) is 0 Å². The summed E-state index contributed by atoms with van der Waals surface area (Å²) in [5.41, 5.74) is 1.54. The maximum atomic E-state index is 12.9. The summed E-state index contributed by atoms with van der Waals surface area (Å²) in [6.45, 7) is 1.54. The van der Waals surface area contributed by atoms with E-state index in [1.165, 1.54) is 6.92 Å². The number of carbonyl (C=O) groups is 1. The third-order valence-corrected chi connectivity index (χ3v) is 4.22. The van der Waals surface area contributed by atoms with Gasteiger partial charge in [-0.3, -0.25) is 9.59 Å². The number of benzene rings is 2. The quantitative estimate of drug-likeness (QED) is 0.743. The van der Waals surface area contributed by atoms with E-state index in [9.17, 15) is 9.59 Å². The Bertz CT molecular complexity index is 1070. The average molecular weight is 337 g/mol. The number of ether oxygens (including phenoxy) is 3. The van der Waals surface area contributed by atoms with Gasteiger partial charge in [-0.2, -0.15) is 0 Å². The van der Waals surface area contributed by atoms with Gasteiger partial charge in [0.1, 0.15) is 5.75 Å². The van der Waals surface area contributed by atoms with Crippen molar-refractivity contribution in [3.05, 3.63) is 52.2 Å². The molecular weight excluding hydrogens is 322 g/mol. The minimum Gasteiger partial charge on any atom is -0.497 e. The van der Waals surface area contributed by atoms with E-state index >= 15 is 0 Å². The van der Waals surface area contributed by atoms with E-state index in [1.807, 2.05) is 0 Å². The minimum absolute atomic E-state index is 0.122. The van der Waals surface area contributed by atoms with Crippen LogP contribution >= 0.6 is 0 Å². The third-order valence-electron chi connectivity index (χ3n) is 4.22. The van der Waals surface area contributed by atoms with Gasteiger partial charge >= 0.3 is 0 Å². The van der Waals surface area contributed by atoms with Crippen LogP contribution in [0.4, 0.5) is 0 Å². The largest absolute Gasteiger partial charge is 0.497 e. The van der Waals surface area contributed by atoms with E-state index < -0.39 is 0 Å². The number of Topliss-reactive ketones (excluding diaryl/α,β-unsaturated/α-hetero) is 1. The van der Waals surface area contributed by atoms with Crippen LogP contribution in [0.2, 0.25) is 0 Å². The number of hydrogen-bond donors (Lipinski definition) is 1. The average Bonchev–Trinajstić information content (AvgIpc) is 3.08. The lowest BCUT2D eigenvalue weighted by Crippen LogP contribution is -2.16. The summed E-state index contributed by atoms with van der Waals surface area (Å²) >= 11 is 0. The van der Waals surface area contributed by atoms with Gasteiger partial charge in [0.2, 0.25) is 12.2 Å². The van der Waals surface area contributed by atoms with Gasteiger partial charge in [0.25, 0.3) is 0 Å². The van der Waals surface area contributed by atoms with Gasteiger partial charge in [0, 0.05) is 17.0 Å². The van der Waals surface area contributed by atoms with Gasteiger partial charge in [-0.1, -0.05) is 0 Å². The summed E-state index contributed by atoms with van der Waals surface area (Å²) < 4.78 is 15.9. The molecule has 0 saturated carbocycles. The number of pyridine rings is 1. The van der Waals surface area contributed by atoms with Gasteiger partial charge in [0.05, 0.1) is 23.9 Å². The SMILES string of the molecule is COc1ccc2c(=O)c(C(C)=O)c(-c3ccc4c(c3)OCO4)[nH]c2c1.